The first kappa shape index (κ1) is 22.0. The zero-order valence-corrected chi connectivity index (χ0v) is 19.6. The van der Waals surface area contributed by atoms with Crippen LogP contribution >= 0.6 is 34.8 Å². The van der Waals surface area contributed by atoms with E-state index in [-0.39, 0.29) is 5.96 Å². The molecule has 0 aliphatic heterocycles. The molecule has 0 radical (unpaired) electrons. The molecule has 2 aromatic carbocycles. The van der Waals surface area contributed by atoms with E-state index in [4.69, 9.17) is 46.3 Å². The predicted octanol–water partition coefficient (Wildman–Crippen LogP) is 5.45. The number of hydrogen-bond donors (Lipinski definition) is 2. The van der Waals surface area contributed by atoms with E-state index in [0.717, 1.165) is 64.9 Å². The molecule has 0 heterocycles. The molecule has 0 atom stereocenters. The Morgan fingerprint density at radius 3 is 2.45 bits per heavy atom. The van der Waals surface area contributed by atoms with Crippen molar-refractivity contribution in [1.82, 2.24) is 0 Å². The summed E-state index contributed by atoms with van der Waals surface area (Å²) in [5.74, 6) is 0.0611. The van der Waals surface area contributed by atoms with E-state index in [1.165, 1.54) is 11.1 Å². The van der Waals surface area contributed by atoms with Crippen LogP contribution in [-0.2, 0) is 0 Å². The smallest absolute Gasteiger partial charge is 0.191 e. The molecule has 6 heteroatoms. The number of allylic oxidation sites excluding steroid dienone is 3. The van der Waals surface area contributed by atoms with Crippen LogP contribution in [0.5, 0.6) is 0 Å². The van der Waals surface area contributed by atoms with Gasteiger partial charge in [0.1, 0.15) is 0 Å². The van der Waals surface area contributed by atoms with Crippen LogP contribution in [0.4, 0.5) is 0 Å². The zero-order valence-electron chi connectivity index (χ0n) is 17.3. The third kappa shape index (κ3) is 4.41. The molecular formula is C25H24Cl3N3. The van der Waals surface area contributed by atoms with E-state index in [0.29, 0.717) is 15.1 Å². The molecule has 0 amide bonds. The zero-order chi connectivity index (χ0) is 22.1. The van der Waals surface area contributed by atoms with E-state index in [9.17, 15) is 0 Å². The van der Waals surface area contributed by atoms with Crippen molar-refractivity contribution in [3.63, 3.8) is 0 Å². The molecule has 4 rings (SSSR count). The van der Waals surface area contributed by atoms with Crippen molar-refractivity contribution in [2.75, 3.05) is 0 Å². The molecule has 31 heavy (non-hydrogen) atoms. The molecule has 2 aromatic rings. The van der Waals surface area contributed by atoms with E-state index >= 15 is 0 Å². The van der Waals surface area contributed by atoms with Crippen molar-refractivity contribution >= 4 is 57.1 Å². The van der Waals surface area contributed by atoms with Crippen LogP contribution in [0.2, 0.25) is 10.0 Å². The fourth-order valence-corrected chi connectivity index (χ4v) is 4.78. The van der Waals surface area contributed by atoms with Crippen LogP contribution in [0.25, 0.3) is 16.3 Å². The summed E-state index contributed by atoms with van der Waals surface area (Å²) in [4.78, 5) is 4.46. The highest BCUT2D eigenvalue weighted by Gasteiger charge is 2.19. The summed E-state index contributed by atoms with van der Waals surface area (Å²) < 4.78 is 0. The summed E-state index contributed by atoms with van der Waals surface area (Å²) >= 11 is 19.8. The maximum absolute atomic E-state index is 6.75. The van der Waals surface area contributed by atoms with Gasteiger partial charge in [0.25, 0.3) is 0 Å². The topological polar surface area (TPSA) is 64.4 Å². The summed E-state index contributed by atoms with van der Waals surface area (Å²) in [6, 6.07) is 11.9. The van der Waals surface area contributed by atoms with Crippen molar-refractivity contribution in [1.29, 1.82) is 0 Å². The predicted molar refractivity (Wildman–Crippen MR) is 133 cm³/mol. The second kappa shape index (κ2) is 9.12. The molecule has 160 valence electrons. The van der Waals surface area contributed by atoms with Crippen molar-refractivity contribution in [3.8, 4) is 0 Å². The van der Waals surface area contributed by atoms with Gasteiger partial charge in [0, 0.05) is 15.8 Å². The number of fused-ring (bicyclic) bond motifs is 1. The molecule has 4 N–H and O–H groups in total. The maximum atomic E-state index is 6.75. The monoisotopic (exact) mass is 471 g/mol. The Bertz CT molecular complexity index is 1260. The van der Waals surface area contributed by atoms with Crippen molar-refractivity contribution < 1.29 is 0 Å². The standard InChI is InChI=1S/C25H24Cl3N3/c1-2-14-11-19(18-7-4-8-21(26)23(18)28)20-13-16(9-10-17(20)22(27)12-14)24(31-25(29)30)15-5-3-6-15/h4,7-10,12-13H,2-3,5-6,11H2,1H3,(H4,29,30,31). The number of benzene rings is 2. The Hall–Kier alpha value is -2.20. The molecule has 1 fully saturated rings. The fraction of sp³-hybridized carbons (Fsp3) is 0.240. The number of guanidine groups is 1. The first-order chi connectivity index (χ1) is 14.9. The van der Waals surface area contributed by atoms with Crippen LogP contribution in [-0.4, -0.2) is 5.96 Å². The Morgan fingerprint density at radius 2 is 1.81 bits per heavy atom. The molecule has 0 bridgehead atoms. The first-order valence-electron chi connectivity index (χ1n) is 10.4. The minimum absolute atomic E-state index is 0.0611. The minimum atomic E-state index is 0.0611. The van der Waals surface area contributed by atoms with Gasteiger partial charge in [-0.1, -0.05) is 71.6 Å². The second-order valence-corrected chi connectivity index (χ2v) is 9.06. The second-order valence-electron chi connectivity index (χ2n) is 7.86. The minimum Gasteiger partial charge on any atom is -0.370 e. The van der Waals surface area contributed by atoms with E-state index in [1.54, 1.807) is 6.07 Å². The normalized spacial score (nSPS) is 15.6. The Labute approximate surface area is 197 Å². The molecule has 2 aliphatic rings. The highest BCUT2D eigenvalue weighted by Crippen LogP contribution is 2.35. The van der Waals surface area contributed by atoms with Gasteiger partial charge in [-0.15, -0.1) is 0 Å². The number of hydrogen-bond acceptors (Lipinski definition) is 1. The third-order valence-corrected chi connectivity index (χ3v) is 7.01. The molecule has 3 nitrogen and oxygen atoms in total. The first-order valence-corrected chi connectivity index (χ1v) is 11.5. The van der Waals surface area contributed by atoms with Gasteiger partial charge in [-0.25, -0.2) is 4.99 Å². The largest absolute Gasteiger partial charge is 0.370 e. The fourth-order valence-electron chi connectivity index (χ4n) is 4.05. The Balaban J connectivity index is 2.07. The molecule has 0 aromatic heterocycles. The van der Waals surface area contributed by atoms with Crippen LogP contribution in [0.15, 0.2) is 58.6 Å². The SMILES string of the molecule is CCC1=CC(Cl)=c2ccc(C(N=C(N)N)=C3CCC3)cc2=C(c2cccc(Cl)c2Cl)C1. The highest BCUT2D eigenvalue weighted by molar-refractivity contribution is 6.47. The highest BCUT2D eigenvalue weighted by atomic mass is 35.5. The van der Waals surface area contributed by atoms with Crippen molar-refractivity contribution in [2.45, 2.75) is 39.0 Å². The average Bonchev–Trinajstić information content (AvgIpc) is 2.84. The van der Waals surface area contributed by atoms with Crippen molar-refractivity contribution in [3.05, 3.63) is 85.2 Å². The Kier molecular flexibility index (Phi) is 6.47. The molecule has 0 saturated heterocycles. The summed E-state index contributed by atoms with van der Waals surface area (Å²) in [5, 5.41) is 3.78. The van der Waals surface area contributed by atoms with E-state index < -0.39 is 0 Å². The average molecular weight is 473 g/mol. The van der Waals surface area contributed by atoms with Crippen LogP contribution in [0.3, 0.4) is 0 Å². The molecule has 2 aliphatic carbocycles. The summed E-state index contributed by atoms with van der Waals surface area (Å²) in [6.45, 7) is 2.13. The van der Waals surface area contributed by atoms with Gasteiger partial charge < -0.3 is 11.5 Å². The molecule has 0 unspecified atom stereocenters. The lowest BCUT2D eigenvalue weighted by Crippen LogP contribution is -2.29. The van der Waals surface area contributed by atoms with Gasteiger partial charge in [0.05, 0.1) is 15.7 Å². The van der Waals surface area contributed by atoms with Gasteiger partial charge in [-0.3, -0.25) is 0 Å². The van der Waals surface area contributed by atoms with E-state index in [1.807, 2.05) is 24.3 Å². The number of nitrogens with zero attached hydrogens (tertiary/aromatic N) is 1. The summed E-state index contributed by atoms with van der Waals surface area (Å²) in [7, 11) is 0. The van der Waals surface area contributed by atoms with Gasteiger partial charge in [0.2, 0.25) is 0 Å². The molecule has 0 spiro atoms. The lowest BCUT2D eigenvalue weighted by molar-refractivity contribution is 0.664. The van der Waals surface area contributed by atoms with Crippen LogP contribution in [0, 0.1) is 0 Å². The van der Waals surface area contributed by atoms with Crippen LogP contribution < -0.4 is 21.9 Å². The Morgan fingerprint density at radius 1 is 1.03 bits per heavy atom. The molecular weight excluding hydrogens is 449 g/mol. The van der Waals surface area contributed by atoms with Gasteiger partial charge >= 0.3 is 0 Å². The van der Waals surface area contributed by atoms with Crippen LogP contribution in [0.1, 0.15) is 50.2 Å². The summed E-state index contributed by atoms with van der Waals surface area (Å²) in [5.41, 5.74) is 17.8. The van der Waals surface area contributed by atoms with E-state index in [2.05, 4.69) is 24.1 Å². The number of halogens is 3. The number of nitrogens with two attached hydrogens (primary N) is 2. The maximum Gasteiger partial charge on any atom is 0.191 e. The number of rotatable bonds is 4. The quantitative estimate of drug-likeness (QED) is 0.459. The van der Waals surface area contributed by atoms with Crippen molar-refractivity contribution in [2.24, 2.45) is 16.5 Å². The van der Waals surface area contributed by atoms with Gasteiger partial charge in [0.15, 0.2) is 5.96 Å². The lowest BCUT2D eigenvalue weighted by atomic mass is 9.88. The number of aliphatic imine (C=N–C) groups is 1. The lowest BCUT2D eigenvalue weighted by Gasteiger charge is -2.20. The third-order valence-electron chi connectivity index (χ3n) is 5.87. The van der Waals surface area contributed by atoms with Gasteiger partial charge in [-0.2, -0.15) is 0 Å². The summed E-state index contributed by atoms with van der Waals surface area (Å²) in [6.07, 6.45) is 6.86. The van der Waals surface area contributed by atoms with Gasteiger partial charge in [-0.05, 0) is 72.2 Å². The molecule has 1 saturated carbocycles.